The molecule has 0 aromatic carbocycles. The molecule has 0 atom stereocenters. The number of anilines is 1. The minimum absolute atomic E-state index is 0.117. The third-order valence-corrected chi connectivity index (χ3v) is 4.04. The molecule has 0 radical (unpaired) electrons. The van der Waals surface area contributed by atoms with Crippen molar-refractivity contribution in [2.45, 2.75) is 19.9 Å². The maximum atomic E-state index is 12.4. The van der Waals surface area contributed by atoms with E-state index in [0.29, 0.717) is 5.69 Å². The molecule has 2 rings (SSSR count). The van der Waals surface area contributed by atoms with Crippen LogP contribution in [0.4, 0.5) is 5.69 Å². The van der Waals surface area contributed by atoms with Gasteiger partial charge in [0, 0.05) is 31.6 Å². The van der Waals surface area contributed by atoms with Crippen LogP contribution in [0.25, 0.3) is 0 Å². The third kappa shape index (κ3) is 2.77. The molecule has 2 N–H and O–H groups in total. The molecule has 1 fully saturated rings. The van der Waals surface area contributed by atoms with Crippen LogP contribution < -0.4 is 5.73 Å². The smallest absolute Gasteiger partial charge is 0.270 e. The van der Waals surface area contributed by atoms with Crippen molar-refractivity contribution in [3.63, 3.8) is 0 Å². The Morgan fingerprint density at radius 1 is 1.47 bits per heavy atom. The maximum absolute atomic E-state index is 12.4. The van der Waals surface area contributed by atoms with Crippen molar-refractivity contribution in [1.29, 1.82) is 0 Å². The zero-order valence-corrected chi connectivity index (χ0v) is 11.0. The largest absolute Gasteiger partial charge is 0.397 e. The molecule has 0 bridgehead atoms. The van der Waals surface area contributed by atoms with Crippen molar-refractivity contribution in [3.8, 4) is 0 Å². The van der Waals surface area contributed by atoms with Gasteiger partial charge in [0.15, 0.2) is 0 Å². The lowest BCUT2D eigenvalue weighted by atomic mass is 10.3. The van der Waals surface area contributed by atoms with Crippen molar-refractivity contribution < 1.29 is 4.79 Å². The minimum atomic E-state index is 0.117. The second-order valence-electron chi connectivity index (χ2n) is 4.20. The van der Waals surface area contributed by atoms with Gasteiger partial charge >= 0.3 is 0 Å². The van der Waals surface area contributed by atoms with Crippen LogP contribution in [-0.4, -0.2) is 40.0 Å². The fourth-order valence-corrected chi connectivity index (χ4v) is 2.97. The summed E-state index contributed by atoms with van der Waals surface area (Å²) < 4.78 is 1.93. The van der Waals surface area contributed by atoms with E-state index in [1.165, 1.54) is 0 Å². The first-order valence-electron chi connectivity index (χ1n) is 6.05. The van der Waals surface area contributed by atoms with Crippen molar-refractivity contribution >= 4 is 23.4 Å². The number of nitrogen functional groups attached to an aromatic ring is 1. The van der Waals surface area contributed by atoms with Gasteiger partial charge in [0.05, 0.1) is 5.69 Å². The number of amides is 1. The predicted molar refractivity (Wildman–Crippen MR) is 72.4 cm³/mol. The van der Waals surface area contributed by atoms with Gasteiger partial charge < -0.3 is 15.2 Å². The topological polar surface area (TPSA) is 51.3 Å². The molecule has 2 heterocycles. The van der Waals surface area contributed by atoms with Gasteiger partial charge in [-0.2, -0.15) is 11.8 Å². The Kier molecular flexibility index (Phi) is 3.99. The first-order valence-corrected chi connectivity index (χ1v) is 7.20. The van der Waals surface area contributed by atoms with Gasteiger partial charge in [-0.1, -0.05) is 0 Å². The van der Waals surface area contributed by atoms with E-state index in [2.05, 4.69) is 0 Å². The Labute approximate surface area is 106 Å². The minimum Gasteiger partial charge on any atom is -0.397 e. The lowest BCUT2D eigenvalue weighted by molar-refractivity contribution is 0.0758. The number of aromatic nitrogens is 1. The number of carbonyl (C=O) groups is 1. The molecule has 4 nitrogen and oxygen atoms in total. The van der Waals surface area contributed by atoms with Crippen LogP contribution >= 0.6 is 11.8 Å². The van der Waals surface area contributed by atoms with E-state index in [1.54, 1.807) is 6.07 Å². The van der Waals surface area contributed by atoms with Crippen molar-refractivity contribution in [1.82, 2.24) is 9.47 Å². The first-order chi connectivity index (χ1) is 8.22. The average Bonchev–Trinajstić information content (AvgIpc) is 2.55. The zero-order chi connectivity index (χ0) is 12.3. The number of hydrogen-bond acceptors (Lipinski definition) is 3. The molecule has 0 spiro atoms. The molecule has 1 aliphatic heterocycles. The van der Waals surface area contributed by atoms with Gasteiger partial charge in [0.2, 0.25) is 0 Å². The summed E-state index contributed by atoms with van der Waals surface area (Å²) in [6.07, 6.45) is 2.92. The summed E-state index contributed by atoms with van der Waals surface area (Å²) in [7, 11) is 0. The molecule has 17 heavy (non-hydrogen) atoms. The fourth-order valence-electron chi connectivity index (χ4n) is 2.08. The SMILES string of the molecule is CCn1cc(N)cc1C(=O)N1CCCSCC1. The van der Waals surface area contributed by atoms with Gasteiger partial charge in [-0.25, -0.2) is 0 Å². The molecule has 1 aliphatic rings. The number of rotatable bonds is 2. The van der Waals surface area contributed by atoms with E-state index >= 15 is 0 Å². The van der Waals surface area contributed by atoms with E-state index in [0.717, 1.165) is 43.3 Å². The summed E-state index contributed by atoms with van der Waals surface area (Å²) in [5.74, 6) is 2.31. The highest BCUT2D eigenvalue weighted by Crippen LogP contribution is 2.16. The van der Waals surface area contributed by atoms with Gasteiger partial charge in [-0.3, -0.25) is 4.79 Å². The molecule has 1 amide bonds. The van der Waals surface area contributed by atoms with Gasteiger partial charge in [-0.05, 0) is 25.2 Å². The van der Waals surface area contributed by atoms with Crippen molar-refractivity contribution in [2.75, 3.05) is 30.3 Å². The number of nitrogens with two attached hydrogens (primary N) is 1. The van der Waals surface area contributed by atoms with Crippen LogP contribution in [0.2, 0.25) is 0 Å². The molecule has 94 valence electrons. The first kappa shape index (κ1) is 12.4. The molecule has 1 saturated heterocycles. The summed E-state index contributed by atoms with van der Waals surface area (Å²) in [4.78, 5) is 14.3. The van der Waals surface area contributed by atoms with Gasteiger partial charge in [-0.15, -0.1) is 0 Å². The van der Waals surface area contributed by atoms with Crippen molar-refractivity contribution in [2.24, 2.45) is 0 Å². The number of nitrogens with zero attached hydrogens (tertiary/aromatic N) is 2. The van der Waals surface area contributed by atoms with Crippen molar-refractivity contribution in [3.05, 3.63) is 18.0 Å². The lowest BCUT2D eigenvalue weighted by Gasteiger charge is -2.20. The quantitative estimate of drug-likeness (QED) is 0.872. The van der Waals surface area contributed by atoms with Crippen LogP contribution in [0.15, 0.2) is 12.3 Å². The Morgan fingerprint density at radius 2 is 2.29 bits per heavy atom. The molecule has 5 heteroatoms. The number of hydrogen-bond donors (Lipinski definition) is 1. The van der Waals surface area contributed by atoms with Gasteiger partial charge in [0.25, 0.3) is 5.91 Å². The van der Waals surface area contributed by atoms with E-state index in [-0.39, 0.29) is 5.91 Å². The molecule has 0 aliphatic carbocycles. The van der Waals surface area contributed by atoms with Gasteiger partial charge in [0.1, 0.15) is 5.69 Å². The summed E-state index contributed by atoms with van der Waals surface area (Å²) >= 11 is 1.92. The van der Waals surface area contributed by atoms with Crippen LogP contribution in [0.3, 0.4) is 0 Å². The standard InChI is InChI=1S/C12H19N3OS/c1-2-14-9-10(13)8-11(14)12(16)15-4-3-6-17-7-5-15/h8-9H,2-7,13H2,1H3. The van der Waals surface area contributed by atoms with E-state index in [4.69, 9.17) is 5.73 Å². The number of thioether (sulfide) groups is 1. The Balaban J connectivity index is 2.17. The number of carbonyl (C=O) groups excluding carboxylic acids is 1. The third-order valence-electron chi connectivity index (χ3n) is 2.99. The number of aryl methyl sites for hydroxylation is 1. The highest BCUT2D eigenvalue weighted by Gasteiger charge is 2.20. The highest BCUT2D eigenvalue weighted by atomic mass is 32.2. The molecular weight excluding hydrogens is 234 g/mol. The Hall–Kier alpha value is -1.10. The van der Waals surface area contributed by atoms with Crippen LogP contribution in [0.1, 0.15) is 23.8 Å². The summed E-state index contributed by atoms with van der Waals surface area (Å²) in [6, 6.07) is 1.78. The maximum Gasteiger partial charge on any atom is 0.270 e. The van der Waals surface area contributed by atoms with Crippen LogP contribution in [0.5, 0.6) is 0 Å². The highest BCUT2D eigenvalue weighted by molar-refractivity contribution is 7.99. The average molecular weight is 253 g/mol. The normalized spacial score (nSPS) is 16.9. The fraction of sp³-hybridized carbons (Fsp3) is 0.583. The molecule has 0 saturated carbocycles. The monoisotopic (exact) mass is 253 g/mol. The summed E-state index contributed by atoms with van der Waals surface area (Å²) in [6.45, 7) is 4.51. The van der Waals surface area contributed by atoms with Crippen LogP contribution in [0, 0.1) is 0 Å². The summed E-state index contributed by atoms with van der Waals surface area (Å²) in [5, 5.41) is 0. The summed E-state index contributed by atoms with van der Waals surface area (Å²) in [5.41, 5.74) is 7.14. The lowest BCUT2D eigenvalue weighted by Crippen LogP contribution is -2.34. The second kappa shape index (κ2) is 5.49. The molecule has 1 aromatic rings. The van der Waals surface area contributed by atoms with E-state index < -0.39 is 0 Å². The molecular formula is C12H19N3OS. The Bertz CT molecular complexity index is 394. The molecule has 1 aromatic heterocycles. The van der Waals surface area contributed by atoms with E-state index in [9.17, 15) is 4.79 Å². The Morgan fingerprint density at radius 3 is 3.06 bits per heavy atom. The molecule has 0 unspecified atom stereocenters. The zero-order valence-electron chi connectivity index (χ0n) is 10.2. The van der Waals surface area contributed by atoms with Crippen LogP contribution in [-0.2, 0) is 6.54 Å². The predicted octanol–water partition coefficient (Wildman–Crippen LogP) is 1.67. The second-order valence-corrected chi connectivity index (χ2v) is 5.43. The van der Waals surface area contributed by atoms with E-state index in [1.807, 2.05) is 34.3 Å².